The fourth-order valence-corrected chi connectivity index (χ4v) is 2.39. The molecule has 0 spiro atoms. The van der Waals surface area contributed by atoms with E-state index in [0.29, 0.717) is 4.90 Å². The first-order valence-electron chi connectivity index (χ1n) is 5.54. The van der Waals surface area contributed by atoms with Gasteiger partial charge in [0.15, 0.2) is 6.23 Å². The van der Waals surface area contributed by atoms with Crippen LogP contribution >= 0.6 is 11.8 Å². The van der Waals surface area contributed by atoms with E-state index in [9.17, 15) is 15.0 Å². The van der Waals surface area contributed by atoms with Crippen LogP contribution in [-0.2, 0) is 4.74 Å². The lowest BCUT2D eigenvalue weighted by Crippen LogP contribution is -2.36. The summed E-state index contributed by atoms with van der Waals surface area (Å²) < 4.78 is 6.33. The third-order valence-electron chi connectivity index (χ3n) is 2.96. The van der Waals surface area contributed by atoms with Crippen LogP contribution in [0.25, 0.3) is 0 Å². The minimum absolute atomic E-state index is 0.0977. The zero-order chi connectivity index (χ0) is 14.2. The van der Waals surface area contributed by atoms with Crippen molar-refractivity contribution in [2.24, 2.45) is 0 Å². The second-order valence-electron chi connectivity index (χ2n) is 4.11. The van der Waals surface area contributed by atoms with Crippen LogP contribution < -0.4 is 11.4 Å². The summed E-state index contributed by atoms with van der Waals surface area (Å²) in [7, 11) is 0. The van der Waals surface area contributed by atoms with Crippen molar-refractivity contribution in [1.82, 2.24) is 9.55 Å². The van der Waals surface area contributed by atoms with E-state index in [4.69, 9.17) is 15.6 Å². The largest absolute Gasteiger partial charge is 0.394 e. The van der Waals surface area contributed by atoms with E-state index in [2.05, 4.69) is 4.98 Å². The smallest absolute Gasteiger partial charge is 0.351 e. The molecule has 2 heterocycles. The standard InChI is InChI=1S/C10H15N3O5S/c1-19-5-2-13(10(17)12-8(5)11)9-7(16)6(15)4(3-14)18-9/h2,4,6-7,9,14-16H,3H2,1H3,(H2,11,12,17)/t4-,6-,7-,9-/m1/s1. The number of nitrogens with zero attached hydrogens (tertiary/aromatic N) is 2. The van der Waals surface area contributed by atoms with Crippen molar-refractivity contribution in [2.75, 3.05) is 18.6 Å². The van der Waals surface area contributed by atoms with E-state index >= 15 is 0 Å². The van der Waals surface area contributed by atoms with Gasteiger partial charge >= 0.3 is 5.69 Å². The van der Waals surface area contributed by atoms with Gasteiger partial charge in [-0.05, 0) is 6.26 Å². The number of aromatic nitrogens is 2. The van der Waals surface area contributed by atoms with Crippen LogP contribution in [0.1, 0.15) is 6.23 Å². The summed E-state index contributed by atoms with van der Waals surface area (Å²) in [4.78, 5) is 16.0. The number of aliphatic hydroxyl groups excluding tert-OH is 3. The molecule has 0 aromatic carbocycles. The molecule has 106 valence electrons. The first kappa shape index (κ1) is 14.3. The van der Waals surface area contributed by atoms with Crippen molar-refractivity contribution in [3.8, 4) is 0 Å². The summed E-state index contributed by atoms with van der Waals surface area (Å²) in [6, 6.07) is 0. The van der Waals surface area contributed by atoms with Gasteiger partial charge in [0.25, 0.3) is 0 Å². The summed E-state index contributed by atoms with van der Waals surface area (Å²) in [5, 5.41) is 28.5. The number of nitrogens with two attached hydrogens (primary N) is 1. The van der Waals surface area contributed by atoms with Crippen molar-refractivity contribution < 1.29 is 20.1 Å². The van der Waals surface area contributed by atoms with Gasteiger partial charge in [-0.1, -0.05) is 0 Å². The van der Waals surface area contributed by atoms with Crippen molar-refractivity contribution in [3.05, 3.63) is 16.7 Å². The van der Waals surface area contributed by atoms with E-state index in [1.165, 1.54) is 18.0 Å². The predicted molar refractivity (Wildman–Crippen MR) is 67.7 cm³/mol. The number of hydrogen-bond donors (Lipinski definition) is 4. The molecule has 0 radical (unpaired) electrons. The Morgan fingerprint density at radius 3 is 2.74 bits per heavy atom. The van der Waals surface area contributed by atoms with Gasteiger partial charge in [-0.25, -0.2) is 4.79 Å². The van der Waals surface area contributed by atoms with Crippen LogP contribution in [0.15, 0.2) is 15.9 Å². The lowest BCUT2D eigenvalue weighted by molar-refractivity contribution is -0.0552. The second kappa shape index (κ2) is 5.47. The zero-order valence-corrected chi connectivity index (χ0v) is 10.9. The average molecular weight is 289 g/mol. The quantitative estimate of drug-likeness (QED) is 0.477. The highest BCUT2D eigenvalue weighted by Gasteiger charge is 2.43. The van der Waals surface area contributed by atoms with Crippen molar-refractivity contribution in [3.63, 3.8) is 0 Å². The van der Waals surface area contributed by atoms with Crippen molar-refractivity contribution >= 4 is 17.6 Å². The lowest BCUT2D eigenvalue weighted by Gasteiger charge is -2.18. The molecule has 5 N–H and O–H groups in total. The summed E-state index contributed by atoms with van der Waals surface area (Å²) in [6.45, 7) is -0.457. The van der Waals surface area contributed by atoms with E-state index in [-0.39, 0.29) is 5.82 Å². The summed E-state index contributed by atoms with van der Waals surface area (Å²) >= 11 is 1.29. The Balaban J connectivity index is 2.40. The fourth-order valence-electron chi connectivity index (χ4n) is 1.91. The van der Waals surface area contributed by atoms with Gasteiger partial charge in [0.05, 0.1) is 11.5 Å². The van der Waals surface area contributed by atoms with Crippen LogP contribution in [0.4, 0.5) is 5.82 Å². The topological polar surface area (TPSA) is 131 Å². The third-order valence-corrected chi connectivity index (χ3v) is 3.71. The molecule has 0 saturated carbocycles. The average Bonchev–Trinajstić information content (AvgIpc) is 2.67. The zero-order valence-electron chi connectivity index (χ0n) is 10.1. The monoisotopic (exact) mass is 289 g/mol. The van der Waals surface area contributed by atoms with Crippen molar-refractivity contribution in [1.29, 1.82) is 0 Å². The molecule has 1 aliphatic rings. The molecule has 1 fully saturated rings. The maximum absolute atomic E-state index is 11.8. The van der Waals surface area contributed by atoms with Crippen LogP contribution in [0.5, 0.6) is 0 Å². The first-order chi connectivity index (χ1) is 8.99. The number of ether oxygens (including phenoxy) is 1. The van der Waals surface area contributed by atoms with Crippen LogP contribution in [-0.4, -0.2) is 56.0 Å². The molecule has 0 bridgehead atoms. The molecule has 9 heteroatoms. The molecule has 8 nitrogen and oxygen atoms in total. The number of thioether (sulfide) groups is 1. The molecule has 1 aliphatic heterocycles. The van der Waals surface area contributed by atoms with E-state index in [0.717, 1.165) is 4.57 Å². The number of anilines is 1. The van der Waals surface area contributed by atoms with Gasteiger partial charge < -0.3 is 25.8 Å². The van der Waals surface area contributed by atoms with Gasteiger partial charge in [0.1, 0.15) is 24.1 Å². The summed E-state index contributed by atoms with van der Waals surface area (Å²) in [6.07, 6.45) is -1.46. The van der Waals surface area contributed by atoms with Crippen LogP contribution in [0.2, 0.25) is 0 Å². The maximum atomic E-state index is 11.8. The SMILES string of the molecule is CSc1cn([C@@H]2O[C@H](CO)[C@@H](O)[C@H]2O)c(=O)nc1N. The molecule has 0 aliphatic carbocycles. The van der Waals surface area contributed by atoms with Gasteiger partial charge in [-0.3, -0.25) is 4.57 Å². The Labute approximate surface area is 112 Å². The molecule has 2 rings (SSSR count). The summed E-state index contributed by atoms with van der Waals surface area (Å²) in [5.41, 5.74) is 4.89. The molecular formula is C10H15N3O5S. The molecule has 19 heavy (non-hydrogen) atoms. The van der Waals surface area contributed by atoms with Gasteiger partial charge in [-0.2, -0.15) is 4.98 Å². The minimum Gasteiger partial charge on any atom is -0.394 e. The Morgan fingerprint density at radius 2 is 2.21 bits per heavy atom. The molecule has 1 saturated heterocycles. The number of rotatable bonds is 3. The highest BCUT2D eigenvalue weighted by atomic mass is 32.2. The van der Waals surface area contributed by atoms with Crippen molar-refractivity contribution in [2.45, 2.75) is 29.4 Å². The number of hydrogen-bond acceptors (Lipinski definition) is 8. The molecule has 0 unspecified atom stereocenters. The highest BCUT2D eigenvalue weighted by Crippen LogP contribution is 2.29. The number of aliphatic hydroxyl groups is 3. The summed E-state index contributed by atoms with van der Waals surface area (Å²) in [5.74, 6) is 0.0977. The van der Waals surface area contributed by atoms with Gasteiger partial charge in [0.2, 0.25) is 0 Å². The highest BCUT2D eigenvalue weighted by molar-refractivity contribution is 7.98. The first-order valence-corrected chi connectivity index (χ1v) is 6.77. The van der Waals surface area contributed by atoms with Crippen LogP contribution in [0.3, 0.4) is 0 Å². The fraction of sp³-hybridized carbons (Fsp3) is 0.600. The third kappa shape index (κ3) is 2.47. The number of nitrogen functional groups attached to an aromatic ring is 1. The van der Waals surface area contributed by atoms with E-state index < -0.39 is 36.8 Å². The van der Waals surface area contributed by atoms with Gasteiger partial charge in [-0.15, -0.1) is 11.8 Å². The van der Waals surface area contributed by atoms with E-state index in [1.54, 1.807) is 6.26 Å². The molecule has 0 amide bonds. The molecule has 1 aromatic rings. The Hall–Kier alpha value is -1.13. The Morgan fingerprint density at radius 1 is 1.53 bits per heavy atom. The maximum Gasteiger partial charge on any atom is 0.351 e. The van der Waals surface area contributed by atoms with Gasteiger partial charge in [0, 0.05) is 6.20 Å². The second-order valence-corrected chi connectivity index (χ2v) is 4.96. The Kier molecular flexibility index (Phi) is 4.11. The normalized spacial score (nSPS) is 30.7. The molecule has 4 atom stereocenters. The Bertz CT molecular complexity index is 522. The van der Waals surface area contributed by atoms with E-state index in [1.807, 2.05) is 0 Å². The minimum atomic E-state index is -1.32. The predicted octanol–water partition coefficient (Wildman–Crippen LogP) is -1.84. The molecular weight excluding hydrogens is 274 g/mol. The van der Waals surface area contributed by atoms with Crippen LogP contribution in [0, 0.1) is 0 Å². The lowest BCUT2D eigenvalue weighted by atomic mass is 10.1. The molecule has 1 aromatic heterocycles.